The van der Waals surface area contributed by atoms with E-state index in [9.17, 15) is 4.39 Å². The molecule has 0 aliphatic heterocycles. The Morgan fingerprint density at radius 3 is 2.53 bits per heavy atom. The number of nitrogens with zero attached hydrogens (tertiary/aromatic N) is 1. The summed E-state index contributed by atoms with van der Waals surface area (Å²) in [4.78, 5) is 2.13. The summed E-state index contributed by atoms with van der Waals surface area (Å²) in [5.41, 5.74) is 1.83. The van der Waals surface area contributed by atoms with Crippen molar-refractivity contribution in [2.24, 2.45) is 0 Å². The second kappa shape index (κ2) is 8.16. The maximum Gasteiger partial charge on any atom is 0.146 e. The minimum Gasteiger partial charge on any atom is -0.369 e. The Balaban J connectivity index is 3.06. The second-order valence-corrected chi connectivity index (χ2v) is 4.93. The minimum absolute atomic E-state index is 0.113. The molecular weight excluding hydrogens is 239 g/mol. The van der Waals surface area contributed by atoms with E-state index in [4.69, 9.17) is 0 Å². The van der Waals surface area contributed by atoms with Gasteiger partial charge in [-0.3, -0.25) is 0 Å². The molecule has 1 unspecified atom stereocenters. The first-order valence-electron chi connectivity index (χ1n) is 7.42. The smallest absolute Gasteiger partial charge is 0.146 e. The molecule has 1 N–H and O–H groups in total. The summed E-state index contributed by atoms with van der Waals surface area (Å²) in [6.07, 6.45) is 2.11. The fraction of sp³-hybridized carbons (Fsp3) is 0.625. The zero-order valence-electron chi connectivity index (χ0n) is 12.7. The number of hydrogen-bond acceptors (Lipinski definition) is 2. The van der Waals surface area contributed by atoms with Crippen LogP contribution in [0.25, 0.3) is 0 Å². The molecule has 0 aromatic heterocycles. The molecule has 1 atom stereocenters. The zero-order valence-corrected chi connectivity index (χ0v) is 12.7. The Morgan fingerprint density at radius 1 is 1.21 bits per heavy atom. The van der Waals surface area contributed by atoms with Gasteiger partial charge in [0.1, 0.15) is 5.82 Å². The fourth-order valence-electron chi connectivity index (χ4n) is 2.38. The Bertz CT molecular complexity index is 379. The molecule has 0 spiro atoms. The van der Waals surface area contributed by atoms with E-state index in [1.807, 2.05) is 6.07 Å². The average molecular weight is 266 g/mol. The Hall–Kier alpha value is -1.09. The van der Waals surface area contributed by atoms with Gasteiger partial charge in [-0.2, -0.15) is 0 Å². The van der Waals surface area contributed by atoms with Crippen molar-refractivity contribution in [3.8, 4) is 0 Å². The van der Waals surface area contributed by atoms with Crippen molar-refractivity contribution in [3.63, 3.8) is 0 Å². The predicted molar refractivity (Wildman–Crippen MR) is 81.3 cm³/mol. The van der Waals surface area contributed by atoms with Crippen LogP contribution in [0.15, 0.2) is 18.2 Å². The SMILES string of the molecule is CCCNC(C)c1cccc(F)c1N(CC)CCC. The summed E-state index contributed by atoms with van der Waals surface area (Å²) in [6.45, 7) is 11.1. The van der Waals surface area contributed by atoms with Crippen molar-refractivity contribution in [1.82, 2.24) is 5.32 Å². The van der Waals surface area contributed by atoms with Gasteiger partial charge in [-0.25, -0.2) is 4.39 Å². The lowest BCUT2D eigenvalue weighted by atomic mass is 10.0. The number of hydrogen-bond donors (Lipinski definition) is 1. The van der Waals surface area contributed by atoms with Crippen molar-refractivity contribution in [3.05, 3.63) is 29.6 Å². The molecule has 1 rings (SSSR count). The van der Waals surface area contributed by atoms with Crippen molar-refractivity contribution < 1.29 is 4.39 Å². The Kier molecular flexibility index (Phi) is 6.85. The lowest BCUT2D eigenvalue weighted by molar-refractivity contribution is 0.558. The number of benzene rings is 1. The monoisotopic (exact) mass is 266 g/mol. The number of rotatable bonds is 8. The van der Waals surface area contributed by atoms with Crippen molar-refractivity contribution in [2.45, 2.75) is 46.6 Å². The number of anilines is 1. The summed E-state index contributed by atoms with van der Waals surface area (Å²) in [5, 5.41) is 3.44. The third kappa shape index (κ3) is 4.20. The molecule has 1 aromatic carbocycles. The van der Waals surface area contributed by atoms with Gasteiger partial charge in [0.05, 0.1) is 5.69 Å². The first kappa shape index (κ1) is 16.0. The molecule has 3 heteroatoms. The van der Waals surface area contributed by atoms with Crippen LogP contribution >= 0.6 is 0 Å². The van der Waals surface area contributed by atoms with Crippen LogP contribution in [-0.2, 0) is 0 Å². The van der Waals surface area contributed by atoms with Crippen molar-refractivity contribution in [2.75, 3.05) is 24.5 Å². The van der Waals surface area contributed by atoms with E-state index in [2.05, 4.69) is 37.9 Å². The van der Waals surface area contributed by atoms with E-state index in [-0.39, 0.29) is 11.9 Å². The highest BCUT2D eigenvalue weighted by atomic mass is 19.1. The van der Waals surface area contributed by atoms with Crippen LogP contribution in [0.3, 0.4) is 0 Å². The normalized spacial score (nSPS) is 12.5. The molecule has 108 valence electrons. The molecule has 0 amide bonds. The Labute approximate surface area is 117 Å². The second-order valence-electron chi connectivity index (χ2n) is 4.93. The minimum atomic E-state index is -0.113. The quantitative estimate of drug-likeness (QED) is 0.761. The molecule has 0 aliphatic rings. The highest BCUT2D eigenvalue weighted by Crippen LogP contribution is 2.29. The molecule has 2 nitrogen and oxygen atoms in total. The van der Waals surface area contributed by atoms with Gasteiger partial charge in [-0.05, 0) is 44.9 Å². The fourth-order valence-corrected chi connectivity index (χ4v) is 2.38. The van der Waals surface area contributed by atoms with Crippen LogP contribution < -0.4 is 10.2 Å². The van der Waals surface area contributed by atoms with Gasteiger partial charge in [-0.15, -0.1) is 0 Å². The Morgan fingerprint density at radius 2 is 1.95 bits per heavy atom. The van der Waals surface area contributed by atoms with Gasteiger partial charge in [0.2, 0.25) is 0 Å². The molecule has 0 radical (unpaired) electrons. The van der Waals surface area contributed by atoms with E-state index in [1.54, 1.807) is 12.1 Å². The molecule has 1 aromatic rings. The van der Waals surface area contributed by atoms with E-state index in [0.717, 1.165) is 43.7 Å². The van der Waals surface area contributed by atoms with Gasteiger partial charge in [0.15, 0.2) is 0 Å². The highest BCUT2D eigenvalue weighted by Gasteiger charge is 2.17. The van der Waals surface area contributed by atoms with Crippen LogP contribution in [0.4, 0.5) is 10.1 Å². The van der Waals surface area contributed by atoms with Gasteiger partial charge in [-0.1, -0.05) is 26.0 Å². The maximum atomic E-state index is 14.2. The lowest BCUT2D eigenvalue weighted by Crippen LogP contribution is -2.28. The first-order valence-corrected chi connectivity index (χ1v) is 7.42. The summed E-state index contributed by atoms with van der Waals surface area (Å²) < 4.78 is 14.2. The number of nitrogens with one attached hydrogen (secondary N) is 1. The van der Waals surface area contributed by atoms with Gasteiger partial charge < -0.3 is 10.2 Å². The molecule has 0 saturated heterocycles. The van der Waals surface area contributed by atoms with Crippen LogP contribution in [0.1, 0.15) is 52.1 Å². The van der Waals surface area contributed by atoms with Gasteiger partial charge >= 0.3 is 0 Å². The van der Waals surface area contributed by atoms with E-state index in [0.29, 0.717) is 0 Å². The van der Waals surface area contributed by atoms with Gasteiger partial charge in [0.25, 0.3) is 0 Å². The van der Waals surface area contributed by atoms with Crippen LogP contribution in [0.2, 0.25) is 0 Å². The number of halogens is 1. The van der Waals surface area contributed by atoms with Gasteiger partial charge in [0, 0.05) is 19.1 Å². The summed E-state index contributed by atoms with van der Waals surface area (Å²) >= 11 is 0. The zero-order chi connectivity index (χ0) is 14.3. The van der Waals surface area contributed by atoms with E-state index in [1.165, 1.54) is 0 Å². The molecule has 19 heavy (non-hydrogen) atoms. The van der Waals surface area contributed by atoms with Crippen LogP contribution in [0, 0.1) is 5.82 Å². The summed E-state index contributed by atoms with van der Waals surface area (Å²) in [6, 6.07) is 5.57. The number of para-hydroxylation sites is 1. The first-order chi connectivity index (χ1) is 9.15. The molecule has 0 saturated carbocycles. The molecule has 0 aliphatic carbocycles. The topological polar surface area (TPSA) is 15.3 Å². The molecule has 0 heterocycles. The standard InChI is InChI=1S/C16H27FN2/c1-5-11-18-13(4)14-9-8-10-15(17)16(14)19(7-3)12-6-2/h8-10,13,18H,5-7,11-12H2,1-4H3. The van der Waals surface area contributed by atoms with E-state index >= 15 is 0 Å². The van der Waals surface area contributed by atoms with Crippen molar-refractivity contribution >= 4 is 5.69 Å². The average Bonchev–Trinajstić information content (AvgIpc) is 2.42. The van der Waals surface area contributed by atoms with Crippen LogP contribution in [-0.4, -0.2) is 19.6 Å². The molecule has 0 fully saturated rings. The lowest BCUT2D eigenvalue weighted by Gasteiger charge is -2.28. The predicted octanol–water partition coefficient (Wildman–Crippen LogP) is 4.12. The summed E-state index contributed by atoms with van der Waals surface area (Å²) in [7, 11) is 0. The summed E-state index contributed by atoms with van der Waals surface area (Å²) in [5.74, 6) is -0.113. The molecule has 0 bridgehead atoms. The molecular formula is C16H27FN2. The highest BCUT2D eigenvalue weighted by molar-refractivity contribution is 5.56. The third-order valence-corrected chi connectivity index (χ3v) is 3.38. The van der Waals surface area contributed by atoms with E-state index < -0.39 is 0 Å². The van der Waals surface area contributed by atoms with Crippen molar-refractivity contribution in [1.29, 1.82) is 0 Å². The van der Waals surface area contributed by atoms with Crippen LogP contribution in [0.5, 0.6) is 0 Å². The maximum absolute atomic E-state index is 14.2. The largest absolute Gasteiger partial charge is 0.369 e. The third-order valence-electron chi connectivity index (χ3n) is 3.38.